The fraction of sp³-hybridized carbons (Fsp3) is 0.857. The second-order valence-electron chi connectivity index (χ2n) is 5.65. The Labute approximate surface area is 114 Å². The van der Waals surface area contributed by atoms with E-state index in [9.17, 15) is 9.59 Å². The van der Waals surface area contributed by atoms with Crippen LogP contribution in [-0.2, 0) is 9.59 Å². The zero-order valence-corrected chi connectivity index (χ0v) is 11.6. The molecular weight excluding hydrogens is 244 g/mol. The van der Waals surface area contributed by atoms with E-state index >= 15 is 0 Å². The van der Waals surface area contributed by atoms with Crippen LogP contribution in [0.1, 0.15) is 39.0 Å². The molecule has 1 saturated carbocycles. The fourth-order valence-corrected chi connectivity index (χ4v) is 3.38. The Hall–Kier alpha value is -1.10. The monoisotopic (exact) mass is 268 g/mol. The van der Waals surface area contributed by atoms with Crippen LogP contribution in [0.15, 0.2) is 0 Å². The predicted octanol–water partition coefficient (Wildman–Crippen LogP) is 1.09. The summed E-state index contributed by atoms with van der Waals surface area (Å²) in [5.41, 5.74) is 0. The number of hydrogen-bond donors (Lipinski definition) is 2. The van der Waals surface area contributed by atoms with Gasteiger partial charge in [-0.05, 0) is 52.1 Å². The molecule has 5 heteroatoms. The number of rotatable bonds is 4. The van der Waals surface area contributed by atoms with E-state index < -0.39 is 5.97 Å². The SMILES string of the molecule is CCN(C(=O)C1CCC(C(=O)O)C1)C1CCNCC1. The minimum Gasteiger partial charge on any atom is -0.481 e. The molecule has 108 valence electrons. The van der Waals surface area contributed by atoms with Crippen LogP contribution in [-0.4, -0.2) is 47.6 Å². The Kier molecular flexibility index (Phi) is 4.80. The first-order valence-corrected chi connectivity index (χ1v) is 7.37. The van der Waals surface area contributed by atoms with Crippen molar-refractivity contribution < 1.29 is 14.7 Å². The van der Waals surface area contributed by atoms with Crippen molar-refractivity contribution in [2.24, 2.45) is 11.8 Å². The molecule has 1 saturated heterocycles. The van der Waals surface area contributed by atoms with Gasteiger partial charge in [-0.1, -0.05) is 0 Å². The number of nitrogens with zero attached hydrogens (tertiary/aromatic N) is 1. The predicted molar refractivity (Wildman–Crippen MR) is 71.7 cm³/mol. The summed E-state index contributed by atoms with van der Waals surface area (Å²) >= 11 is 0. The van der Waals surface area contributed by atoms with Crippen LogP contribution in [0.2, 0.25) is 0 Å². The molecule has 2 aliphatic rings. The molecule has 0 bridgehead atoms. The summed E-state index contributed by atoms with van der Waals surface area (Å²) in [4.78, 5) is 25.5. The summed E-state index contributed by atoms with van der Waals surface area (Å²) in [5.74, 6) is -0.963. The molecule has 1 amide bonds. The standard InChI is InChI=1S/C14H24N2O3/c1-2-16(12-5-7-15-8-6-12)13(17)10-3-4-11(9-10)14(18)19/h10-12,15H,2-9H2,1H3,(H,18,19). The molecule has 2 unspecified atom stereocenters. The van der Waals surface area contributed by atoms with Gasteiger partial charge in [-0.25, -0.2) is 0 Å². The largest absolute Gasteiger partial charge is 0.481 e. The first-order valence-electron chi connectivity index (χ1n) is 7.37. The van der Waals surface area contributed by atoms with Crippen molar-refractivity contribution in [2.45, 2.75) is 45.1 Å². The second-order valence-corrected chi connectivity index (χ2v) is 5.65. The van der Waals surface area contributed by atoms with Crippen LogP contribution >= 0.6 is 0 Å². The summed E-state index contributed by atoms with van der Waals surface area (Å²) in [5, 5.41) is 12.3. The highest BCUT2D eigenvalue weighted by atomic mass is 16.4. The maximum atomic E-state index is 12.6. The molecule has 2 atom stereocenters. The van der Waals surface area contributed by atoms with Gasteiger partial charge in [-0.15, -0.1) is 0 Å². The van der Waals surface area contributed by atoms with Crippen molar-refractivity contribution >= 4 is 11.9 Å². The average Bonchev–Trinajstić information content (AvgIpc) is 2.90. The van der Waals surface area contributed by atoms with Gasteiger partial charge in [0.2, 0.25) is 5.91 Å². The van der Waals surface area contributed by atoms with Gasteiger partial charge in [0, 0.05) is 18.5 Å². The summed E-state index contributed by atoms with van der Waals surface area (Å²) < 4.78 is 0. The smallest absolute Gasteiger partial charge is 0.306 e. The Balaban J connectivity index is 1.95. The number of carboxylic acid groups (broad SMARTS) is 1. The molecule has 1 aliphatic heterocycles. The number of nitrogens with one attached hydrogen (secondary N) is 1. The highest BCUT2D eigenvalue weighted by Gasteiger charge is 2.37. The molecule has 5 nitrogen and oxygen atoms in total. The van der Waals surface area contributed by atoms with E-state index in [1.807, 2.05) is 11.8 Å². The molecule has 19 heavy (non-hydrogen) atoms. The zero-order chi connectivity index (χ0) is 13.8. The third kappa shape index (κ3) is 3.26. The maximum absolute atomic E-state index is 12.6. The van der Waals surface area contributed by atoms with Crippen LogP contribution in [0.5, 0.6) is 0 Å². The normalized spacial score (nSPS) is 28.3. The van der Waals surface area contributed by atoms with E-state index in [2.05, 4.69) is 5.32 Å². The topological polar surface area (TPSA) is 69.6 Å². The van der Waals surface area contributed by atoms with Gasteiger partial charge in [-0.3, -0.25) is 9.59 Å². The molecule has 0 aromatic carbocycles. The van der Waals surface area contributed by atoms with Gasteiger partial charge < -0.3 is 15.3 Å². The second kappa shape index (κ2) is 6.37. The minimum absolute atomic E-state index is 0.0732. The number of carbonyl (C=O) groups excluding carboxylic acids is 1. The third-order valence-corrected chi connectivity index (χ3v) is 4.50. The van der Waals surface area contributed by atoms with Crippen LogP contribution < -0.4 is 5.32 Å². The average molecular weight is 268 g/mol. The highest BCUT2D eigenvalue weighted by molar-refractivity contribution is 5.81. The lowest BCUT2D eigenvalue weighted by molar-refractivity contribution is -0.142. The molecule has 0 radical (unpaired) electrons. The molecule has 0 aromatic rings. The summed E-state index contributed by atoms with van der Waals surface area (Å²) in [6.45, 7) is 4.69. The van der Waals surface area contributed by atoms with E-state index in [1.54, 1.807) is 0 Å². The first kappa shape index (κ1) is 14.3. The molecule has 2 N–H and O–H groups in total. The maximum Gasteiger partial charge on any atom is 0.306 e. The van der Waals surface area contributed by atoms with E-state index in [-0.39, 0.29) is 17.7 Å². The molecular formula is C14H24N2O3. The van der Waals surface area contributed by atoms with Crippen LogP contribution in [0.4, 0.5) is 0 Å². The van der Waals surface area contributed by atoms with Gasteiger partial charge in [0.15, 0.2) is 0 Å². The zero-order valence-electron chi connectivity index (χ0n) is 11.6. The number of amides is 1. The molecule has 1 heterocycles. The number of carboxylic acids is 1. The number of hydrogen-bond acceptors (Lipinski definition) is 3. The minimum atomic E-state index is -0.750. The fourth-order valence-electron chi connectivity index (χ4n) is 3.38. The van der Waals surface area contributed by atoms with E-state index in [4.69, 9.17) is 5.11 Å². The number of aliphatic carboxylic acids is 1. The molecule has 0 aromatic heterocycles. The summed E-state index contributed by atoms with van der Waals surface area (Å²) in [6, 6.07) is 0.336. The number of carbonyl (C=O) groups is 2. The van der Waals surface area contributed by atoms with Crippen LogP contribution in [0, 0.1) is 11.8 Å². The third-order valence-electron chi connectivity index (χ3n) is 4.50. The molecule has 0 spiro atoms. The Morgan fingerprint density at radius 2 is 1.79 bits per heavy atom. The van der Waals surface area contributed by atoms with Crippen LogP contribution in [0.25, 0.3) is 0 Å². The van der Waals surface area contributed by atoms with Crippen molar-refractivity contribution in [3.05, 3.63) is 0 Å². The molecule has 1 aliphatic carbocycles. The Morgan fingerprint density at radius 3 is 2.32 bits per heavy atom. The molecule has 2 fully saturated rings. The van der Waals surface area contributed by atoms with Gasteiger partial charge in [0.05, 0.1) is 5.92 Å². The van der Waals surface area contributed by atoms with E-state index in [1.165, 1.54) is 0 Å². The highest BCUT2D eigenvalue weighted by Crippen LogP contribution is 2.33. The van der Waals surface area contributed by atoms with Crippen molar-refractivity contribution in [1.82, 2.24) is 10.2 Å². The lowest BCUT2D eigenvalue weighted by atomic mass is 9.99. The Morgan fingerprint density at radius 1 is 1.16 bits per heavy atom. The van der Waals surface area contributed by atoms with Gasteiger partial charge in [0.25, 0.3) is 0 Å². The van der Waals surface area contributed by atoms with Crippen molar-refractivity contribution in [2.75, 3.05) is 19.6 Å². The van der Waals surface area contributed by atoms with Crippen molar-refractivity contribution in [3.8, 4) is 0 Å². The van der Waals surface area contributed by atoms with Gasteiger partial charge in [-0.2, -0.15) is 0 Å². The lowest BCUT2D eigenvalue weighted by Gasteiger charge is -2.35. The Bertz CT molecular complexity index is 340. The summed E-state index contributed by atoms with van der Waals surface area (Å²) in [7, 11) is 0. The lowest BCUT2D eigenvalue weighted by Crippen LogP contribution is -2.47. The summed E-state index contributed by atoms with van der Waals surface area (Å²) in [6.07, 6.45) is 3.92. The van der Waals surface area contributed by atoms with Gasteiger partial charge in [0.1, 0.15) is 0 Å². The van der Waals surface area contributed by atoms with E-state index in [0.717, 1.165) is 38.9 Å². The van der Waals surface area contributed by atoms with Crippen LogP contribution in [0.3, 0.4) is 0 Å². The van der Waals surface area contributed by atoms with Gasteiger partial charge >= 0.3 is 5.97 Å². The van der Waals surface area contributed by atoms with Crippen molar-refractivity contribution in [3.63, 3.8) is 0 Å². The van der Waals surface area contributed by atoms with Crippen molar-refractivity contribution in [1.29, 1.82) is 0 Å². The quantitative estimate of drug-likeness (QED) is 0.800. The van der Waals surface area contributed by atoms with E-state index in [0.29, 0.717) is 18.9 Å². The number of piperidine rings is 1. The molecule has 2 rings (SSSR count). The first-order chi connectivity index (χ1) is 9.13.